The highest BCUT2D eigenvalue weighted by Gasteiger charge is 2.22. The van der Waals surface area contributed by atoms with Crippen molar-refractivity contribution in [2.24, 2.45) is 0 Å². The molecule has 9 heteroatoms. The van der Waals surface area contributed by atoms with Gasteiger partial charge in [0.15, 0.2) is 11.2 Å². The van der Waals surface area contributed by atoms with E-state index in [9.17, 15) is 9.36 Å². The Labute approximate surface area is 76.2 Å². The maximum absolute atomic E-state index is 11.2. The standard InChI is InChI=1S/C5H5N4O4P/c10-4-2-3(7-1-6-2)8-5(9-4)14(11,12)13/h1H,(H2,11,12,13)(H2,6,7,8,9,10). The lowest BCUT2D eigenvalue weighted by Crippen LogP contribution is -2.23. The number of rotatable bonds is 1. The summed E-state index contributed by atoms with van der Waals surface area (Å²) in [5.74, 6) is 0. The lowest BCUT2D eigenvalue weighted by atomic mass is 10.6. The maximum Gasteiger partial charge on any atom is 0.391 e. The second kappa shape index (κ2) is 2.74. The third kappa shape index (κ3) is 1.35. The van der Waals surface area contributed by atoms with Crippen molar-refractivity contribution < 1.29 is 14.4 Å². The minimum absolute atomic E-state index is 0.0212. The van der Waals surface area contributed by atoms with Crippen molar-refractivity contribution in [3.05, 3.63) is 16.7 Å². The van der Waals surface area contributed by atoms with Crippen LogP contribution in [0.3, 0.4) is 0 Å². The zero-order valence-electron chi connectivity index (χ0n) is 6.63. The number of H-pyrrole nitrogens is 2. The first-order chi connectivity index (χ1) is 6.48. The summed E-state index contributed by atoms with van der Waals surface area (Å²) >= 11 is 0. The lowest BCUT2D eigenvalue weighted by molar-refractivity contribution is 0.385. The van der Waals surface area contributed by atoms with E-state index in [0.717, 1.165) is 0 Å². The minimum atomic E-state index is -4.55. The molecule has 0 aliphatic carbocycles. The lowest BCUT2D eigenvalue weighted by Gasteiger charge is -2.00. The van der Waals surface area contributed by atoms with Crippen molar-refractivity contribution in [1.82, 2.24) is 19.9 Å². The molecule has 0 amide bonds. The van der Waals surface area contributed by atoms with Gasteiger partial charge in [0.25, 0.3) is 5.56 Å². The molecule has 2 heterocycles. The molecule has 0 saturated heterocycles. The fraction of sp³-hybridized carbons (Fsp3) is 0. The first-order valence-electron chi connectivity index (χ1n) is 3.48. The number of nitrogens with zero attached hydrogens (tertiary/aromatic N) is 2. The molecular weight excluding hydrogens is 211 g/mol. The van der Waals surface area contributed by atoms with Crippen LogP contribution < -0.4 is 11.1 Å². The molecule has 0 aliphatic heterocycles. The van der Waals surface area contributed by atoms with Gasteiger partial charge in [-0.2, -0.15) is 0 Å². The zero-order chi connectivity index (χ0) is 10.3. The van der Waals surface area contributed by atoms with Gasteiger partial charge in [-0.25, -0.2) is 9.97 Å². The van der Waals surface area contributed by atoms with Gasteiger partial charge in [0.2, 0.25) is 5.57 Å². The van der Waals surface area contributed by atoms with Crippen LogP contribution >= 0.6 is 7.60 Å². The molecule has 0 aromatic carbocycles. The summed E-state index contributed by atoms with van der Waals surface area (Å²) in [7, 11) is -4.55. The van der Waals surface area contributed by atoms with Gasteiger partial charge in [0, 0.05) is 0 Å². The molecule has 0 spiro atoms. The average Bonchev–Trinajstić information content (AvgIpc) is 2.50. The Balaban J connectivity index is 2.84. The largest absolute Gasteiger partial charge is 0.391 e. The maximum atomic E-state index is 11.2. The fourth-order valence-electron chi connectivity index (χ4n) is 0.969. The van der Waals surface area contributed by atoms with Gasteiger partial charge < -0.3 is 14.8 Å². The van der Waals surface area contributed by atoms with Gasteiger partial charge >= 0.3 is 7.60 Å². The molecule has 2 aromatic heterocycles. The van der Waals surface area contributed by atoms with Crippen LogP contribution in [0.25, 0.3) is 11.2 Å². The van der Waals surface area contributed by atoms with E-state index in [-0.39, 0.29) is 11.2 Å². The summed E-state index contributed by atoms with van der Waals surface area (Å²) in [6.07, 6.45) is 1.22. The van der Waals surface area contributed by atoms with Gasteiger partial charge in [0.1, 0.15) is 0 Å². The molecule has 0 saturated carbocycles. The van der Waals surface area contributed by atoms with Gasteiger partial charge in [-0.3, -0.25) is 14.3 Å². The second-order valence-corrected chi connectivity index (χ2v) is 4.05. The number of aromatic nitrogens is 4. The molecule has 0 bridgehead atoms. The van der Waals surface area contributed by atoms with Crippen LogP contribution in [0.1, 0.15) is 0 Å². The molecule has 14 heavy (non-hydrogen) atoms. The molecule has 74 valence electrons. The molecule has 8 nitrogen and oxygen atoms in total. The Morgan fingerprint density at radius 1 is 1.43 bits per heavy atom. The number of hydrogen-bond acceptors (Lipinski definition) is 4. The smallest absolute Gasteiger partial charge is 0.339 e. The van der Waals surface area contributed by atoms with Crippen LogP contribution in [0.2, 0.25) is 0 Å². The summed E-state index contributed by atoms with van der Waals surface area (Å²) < 4.78 is 10.8. The van der Waals surface area contributed by atoms with Crippen molar-refractivity contribution >= 4 is 24.3 Å². The normalized spacial score (nSPS) is 12.1. The Bertz CT molecular complexity index is 581. The Kier molecular flexibility index (Phi) is 1.78. The number of aromatic amines is 2. The van der Waals surface area contributed by atoms with Crippen molar-refractivity contribution in [3.8, 4) is 0 Å². The SMILES string of the molecule is O=c1[nH]c(P(=O)(O)O)nc2nc[nH]c12. The molecule has 2 rings (SSSR count). The predicted octanol–water partition coefficient (Wildman–Crippen LogP) is -1.55. The van der Waals surface area contributed by atoms with Crippen molar-refractivity contribution in [1.29, 1.82) is 0 Å². The summed E-state index contributed by atoms with van der Waals surface area (Å²) in [6.45, 7) is 0. The van der Waals surface area contributed by atoms with E-state index in [1.54, 1.807) is 0 Å². The van der Waals surface area contributed by atoms with Gasteiger partial charge in [-0.1, -0.05) is 0 Å². The monoisotopic (exact) mass is 216 g/mol. The van der Waals surface area contributed by atoms with E-state index in [4.69, 9.17) is 9.79 Å². The van der Waals surface area contributed by atoms with E-state index in [1.165, 1.54) is 6.33 Å². The summed E-state index contributed by atoms with van der Waals surface area (Å²) in [5, 5.41) is 0. The van der Waals surface area contributed by atoms with Crippen molar-refractivity contribution in [2.45, 2.75) is 0 Å². The highest BCUT2D eigenvalue weighted by atomic mass is 31.2. The first-order valence-corrected chi connectivity index (χ1v) is 5.09. The number of fused-ring (bicyclic) bond motifs is 1. The topological polar surface area (TPSA) is 132 Å². The molecule has 0 aliphatic rings. The Morgan fingerprint density at radius 2 is 2.14 bits per heavy atom. The molecule has 2 aromatic rings. The van der Waals surface area contributed by atoms with E-state index in [1.807, 2.05) is 4.98 Å². The van der Waals surface area contributed by atoms with Gasteiger partial charge in [0.05, 0.1) is 6.33 Å². The number of hydrogen-bond donors (Lipinski definition) is 4. The average molecular weight is 216 g/mol. The van der Waals surface area contributed by atoms with E-state index in [0.29, 0.717) is 0 Å². The zero-order valence-corrected chi connectivity index (χ0v) is 7.52. The minimum Gasteiger partial charge on any atom is -0.339 e. The molecule has 4 N–H and O–H groups in total. The van der Waals surface area contributed by atoms with E-state index < -0.39 is 18.7 Å². The third-order valence-corrected chi connectivity index (χ3v) is 2.32. The van der Waals surface area contributed by atoms with Crippen LogP contribution in [0.15, 0.2) is 11.1 Å². The van der Waals surface area contributed by atoms with Crippen LogP contribution in [0.4, 0.5) is 0 Å². The van der Waals surface area contributed by atoms with E-state index >= 15 is 0 Å². The van der Waals surface area contributed by atoms with Crippen molar-refractivity contribution in [2.75, 3.05) is 0 Å². The van der Waals surface area contributed by atoms with Crippen LogP contribution in [0, 0.1) is 0 Å². The Hall–Kier alpha value is -1.50. The molecular formula is C5H5N4O4P. The van der Waals surface area contributed by atoms with Gasteiger partial charge in [-0.05, 0) is 0 Å². The second-order valence-electron chi connectivity index (χ2n) is 2.53. The third-order valence-electron chi connectivity index (χ3n) is 1.56. The number of imidazole rings is 1. The van der Waals surface area contributed by atoms with Crippen LogP contribution in [0.5, 0.6) is 0 Å². The molecule has 0 unspecified atom stereocenters. The van der Waals surface area contributed by atoms with Crippen LogP contribution in [-0.4, -0.2) is 29.7 Å². The number of nitrogens with one attached hydrogen (secondary N) is 2. The highest BCUT2D eigenvalue weighted by molar-refractivity contribution is 7.59. The first kappa shape index (κ1) is 9.07. The van der Waals surface area contributed by atoms with E-state index in [2.05, 4.69) is 15.0 Å². The molecule has 0 radical (unpaired) electrons. The summed E-state index contributed by atoms with van der Waals surface area (Å²) in [5.41, 5.74) is -1.28. The summed E-state index contributed by atoms with van der Waals surface area (Å²) in [6, 6.07) is 0. The Morgan fingerprint density at radius 3 is 2.79 bits per heavy atom. The highest BCUT2D eigenvalue weighted by Crippen LogP contribution is 2.30. The molecule has 0 fully saturated rings. The molecule has 0 atom stereocenters. The van der Waals surface area contributed by atoms with Crippen LogP contribution in [-0.2, 0) is 4.57 Å². The quantitative estimate of drug-likeness (QED) is 0.426. The fourth-order valence-corrected chi connectivity index (χ4v) is 1.44. The summed E-state index contributed by atoms with van der Waals surface area (Å²) in [4.78, 5) is 40.3. The van der Waals surface area contributed by atoms with Gasteiger partial charge in [-0.15, -0.1) is 0 Å². The van der Waals surface area contributed by atoms with Crippen molar-refractivity contribution in [3.63, 3.8) is 0 Å². The predicted molar refractivity (Wildman–Crippen MR) is 46.2 cm³/mol.